The zero-order chi connectivity index (χ0) is 15.6. The normalized spacial score (nSPS) is 16.6. The van der Waals surface area contributed by atoms with Crippen LogP contribution in [0.15, 0.2) is 46.3 Å². The Kier molecular flexibility index (Phi) is 4.69. The van der Waals surface area contributed by atoms with Gasteiger partial charge in [-0.2, -0.15) is 0 Å². The summed E-state index contributed by atoms with van der Waals surface area (Å²) in [7, 11) is 1.93. The van der Waals surface area contributed by atoms with Gasteiger partial charge in [0, 0.05) is 11.9 Å². The lowest BCUT2D eigenvalue weighted by molar-refractivity contribution is -0.136. The second-order valence-corrected chi connectivity index (χ2v) is 8.57. The number of nitrogens with zero attached hydrogens (tertiary/aromatic N) is 1. The van der Waals surface area contributed by atoms with Crippen LogP contribution in [0.4, 0.5) is 0 Å². The van der Waals surface area contributed by atoms with Crippen LogP contribution in [0.3, 0.4) is 0 Å². The van der Waals surface area contributed by atoms with Gasteiger partial charge in [0.1, 0.15) is 0 Å². The molecule has 2 nitrogen and oxygen atoms in total. The molecule has 1 fully saturated rings. The minimum atomic E-state index is -0.315. The van der Waals surface area contributed by atoms with Crippen molar-refractivity contribution in [1.82, 2.24) is 4.90 Å². The molecule has 1 aliphatic rings. The number of hydrogen-bond donors (Lipinski definition) is 0. The van der Waals surface area contributed by atoms with Crippen LogP contribution < -0.4 is 0 Å². The summed E-state index contributed by atoms with van der Waals surface area (Å²) < 4.78 is 1.11. The second-order valence-electron chi connectivity index (χ2n) is 6.02. The summed E-state index contributed by atoms with van der Waals surface area (Å²) in [6.07, 6.45) is 4.21. The van der Waals surface area contributed by atoms with Gasteiger partial charge >= 0.3 is 0 Å². The van der Waals surface area contributed by atoms with Crippen molar-refractivity contribution in [2.45, 2.75) is 37.6 Å². The Hall–Kier alpha value is -1.13. The fourth-order valence-electron chi connectivity index (χ4n) is 3.47. The molecule has 1 aromatic heterocycles. The molecule has 1 heterocycles. The fraction of sp³-hybridized carbons (Fsp3) is 0.389. The van der Waals surface area contributed by atoms with E-state index in [9.17, 15) is 4.79 Å². The molecule has 0 aliphatic heterocycles. The van der Waals surface area contributed by atoms with Crippen molar-refractivity contribution < 1.29 is 4.79 Å². The van der Waals surface area contributed by atoms with E-state index in [0.29, 0.717) is 6.54 Å². The lowest BCUT2D eigenvalue weighted by Gasteiger charge is -2.32. The fourth-order valence-corrected chi connectivity index (χ4v) is 5.01. The minimum Gasteiger partial charge on any atom is -0.340 e. The van der Waals surface area contributed by atoms with Crippen LogP contribution in [0, 0.1) is 0 Å². The van der Waals surface area contributed by atoms with Gasteiger partial charge in [-0.15, -0.1) is 11.3 Å². The standard InChI is InChI=1S/C18H20BrNOS/c1-20(13-15-9-10-16(19)22-15)17(21)18(11-5-6-12-18)14-7-3-2-4-8-14/h2-4,7-10H,5-6,11-13H2,1H3. The predicted octanol–water partition coefficient (Wildman–Crippen LogP) is 4.98. The molecule has 0 bridgehead atoms. The lowest BCUT2D eigenvalue weighted by Crippen LogP contribution is -2.43. The van der Waals surface area contributed by atoms with E-state index in [0.717, 1.165) is 29.5 Å². The van der Waals surface area contributed by atoms with Crippen LogP contribution in [0.25, 0.3) is 0 Å². The highest BCUT2D eigenvalue weighted by molar-refractivity contribution is 9.11. The highest BCUT2D eigenvalue weighted by Crippen LogP contribution is 2.42. The number of carbonyl (C=O) groups excluding carboxylic acids is 1. The molecule has 1 saturated carbocycles. The minimum absolute atomic E-state index is 0.265. The third kappa shape index (κ3) is 2.99. The Bertz CT molecular complexity index is 646. The van der Waals surface area contributed by atoms with Crippen LogP contribution >= 0.6 is 27.3 Å². The molecule has 0 radical (unpaired) electrons. The van der Waals surface area contributed by atoms with Crippen molar-refractivity contribution in [3.8, 4) is 0 Å². The van der Waals surface area contributed by atoms with Crippen molar-refractivity contribution in [3.63, 3.8) is 0 Å². The van der Waals surface area contributed by atoms with E-state index < -0.39 is 0 Å². The molecule has 1 aliphatic carbocycles. The van der Waals surface area contributed by atoms with Crippen LogP contribution in [-0.4, -0.2) is 17.9 Å². The average Bonchev–Trinajstić information content (AvgIpc) is 3.17. The summed E-state index contributed by atoms with van der Waals surface area (Å²) in [4.78, 5) is 16.3. The Morgan fingerprint density at radius 2 is 1.86 bits per heavy atom. The summed E-state index contributed by atoms with van der Waals surface area (Å²) in [6.45, 7) is 0.684. The summed E-state index contributed by atoms with van der Waals surface area (Å²) in [5, 5.41) is 0. The van der Waals surface area contributed by atoms with Crippen LogP contribution in [0.2, 0.25) is 0 Å². The van der Waals surface area contributed by atoms with E-state index in [1.54, 1.807) is 11.3 Å². The van der Waals surface area contributed by atoms with Gasteiger partial charge in [0.05, 0.1) is 15.7 Å². The van der Waals surface area contributed by atoms with Gasteiger partial charge in [-0.1, -0.05) is 43.2 Å². The molecule has 1 amide bonds. The third-order valence-electron chi connectivity index (χ3n) is 4.56. The number of thiophene rings is 1. The lowest BCUT2D eigenvalue weighted by atomic mass is 9.77. The van der Waals surface area contributed by atoms with E-state index >= 15 is 0 Å². The number of amides is 1. The van der Waals surface area contributed by atoms with Gasteiger partial charge in [0.25, 0.3) is 0 Å². The van der Waals surface area contributed by atoms with E-state index in [1.165, 1.54) is 10.4 Å². The number of likely N-dealkylation sites (N-methyl/N-ethyl adjacent to an activating group) is 1. The van der Waals surface area contributed by atoms with E-state index in [4.69, 9.17) is 0 Å². The van der Waals surface area contributed by atoms with Gasteiger partial charge in [0.2, 0.25) is 5.91 Å². The summed E-state index contributed by atoms with van der Waals surface area (Å²) in [5.74, 6) is 0.265. The number of rotatable bonds is 4. The number of carbonyl (C=O) groups is 1. The second kappa shape index (κ2) is 6.55. The van der Waals surface area contributed by atoms with Gasteiger partial charge in [-0.25, -0.2) is 0 Å². The Morgan fingerprint density at radius 3 is 2.45 bits per heavy atom. The van der Waals surface area contributed by atoms with Crippen LogP contribution in [0.5, 0.6) is 0 Å². The summed E-state index contributed by atoms with van der Waals surface area (Å²) in [5.41, 5.74) is 0.863. The molecule has 0 spiro atoms. The molecule has 22 heavy (non-hydrogen) atoms. The molecule has 4 heteroatoms. The SMILES string of the molecule is CN(Cc1ccc(Br)s1)C(=O)C1(c2ccccc2)CCCC1. The number of hydrogen-bond acceptors (Lipinski definition) is 2. The van der Waals surface area contributed by atoms with E-state index in [2.05, 4.69) is 34.1 Å². The summed E-state index contributed by atoms with van der Waals surface area (Å²) in [6, 6.07) is 14.4. The molecule has 1 aromatic carbocycles. The van der Waals surface area contributed by atoms with Crippen LogP contribution in [0.1, 0.15) is 36.1 Å². The van der Waals surface area contributed by atoms with Gasteiger partial charge in [0.15, 0.2) is 0 Å². The molecule has 3 rings (SSSR count). The largest absolute Gasteiger partial charge is 0.340 e. The highest BCUT2D eigenvalue weighted by atomic mass is 79.9. The van der Waals surface area contributed by atoms with Crippen LogP contribution in [-0.2, 0) is 16.8 Å². The zero-order valence-electron chi connectivity index (χ0n) is 12.7. The molecule has 2 aromatic rings. The van der Waals surface area contributed by atoms with Gasteiger partial charge in [-0.3, -0.25) is 4.79 Å². The van der Waals surface area contributed by atoms with E-state index in [1.807, 2.05) is 36.2 Å². The molecular weight excluding hydrogens is 358 g/mol. The maximum Gasteiger partial charge on any atom is 0.233 e. The Labute approximate surface area is 144 Å². The van der Waals surface area contributed by atoms with Gasteiger partial charge < -0.3 is 4.90 Å². The molecular formula is C18H20BrNOS. The molecule has 0 unspecified atom stereocenters. The Balaban J connectivity index is 1.84. The third-order valence-corrected chi connectivity index (χ3v) is 6.17. The van der Waals surface area contributed by atoms with Crippen molar-refractivity contribution in [2.24, 2.45) is 0 Å². The maximum absolute atomic E-state index is 13.2. The summed E-state index contributed by atoms with van der Waals surface area (Å²) >= 11 is 5.18. The topological polar surface area (TPSA) is 20.3 Å². The first kappa shape index (κ1) is 15.8. The Morgan fingerprint density at radius 1 is 1.18 bits per heavy atom. The molecule has 0 N–H and O–H groups in total. The number of benzene rings is 1. The highest BCUT2D eigenvalue weighted by Gasteiger charge is 2.44. The van der Waals surface area contributed by atoms with Crippen molar-refractivity contribution >= 4 is 33.2 Å². The average molecular weight is 378 g/mol. The van der Waals surface area contributed by atoms with Crippen molar-refractivity contribution in [3.05, 3.63) is 56.7 Å². The van der Waals surface area contributed by atoms with Crippen molar-refractivity contribution in [1.29, 1.82) is 0 Å². The number of halogens is 1. The van der Waals surface area contributed by atoms with E-state index in [-0.39, 0.29) is 11.3 Å². The monoisotopic (exact) mass is 377 g/mol. The first-order valence-electron chi connectivity index (χ1n) is 7.67. The maximum atomic E-state index is 13.2. The van der Waals surface area contributed by atoms with Crippen molar-refractivity contribution in [2.75, 3.05) is 7.05 Å². The predicted molar refractivity (Wildman–Crippen MR) is 95.1 cm³/mol. The first-order chi connectivity index (χ1) is 10.6. The molecule has 116 valence electrons. The smallest absolute Gasteiger partial charge is 0.233 e. The molecule has 0 atom stereocenters. The van der Waals surface area contributed by atoms with Gasteiger partial charge in [-0.05, 0) is 46.5 Å². The first-order valence-corrected chi connectivity index (χ1v) is 9.28. The zero-order valence-corrected chi connectivity index (χ0v) is 15.1. The molecule has 0 saturated heterocycles. The quantitative estimate of drug-likeness (QED) is 0.735.